The summed E-state index contributed by atoms with van der Waals surface area (Å²) in [4.78, 5) is 17.6. The molecule has 0 unspecified atom stereocenters. The number of carboxylic acid groups (broad SMARTS) is 1. The van der Waals surface area contributed by atoms with E-state index >= 15 is 0 Å². The third-order valence-electron chi connectivity index (χ3n) is 7.04. The molecule has 198 valence electrons. The van der Waals surface area contributed by atoms with Gasteiger partial charge in [-0.25, -0.2) is 9.69 Å². The molecule has 0 radical (unpaired) electrons. The molecule has 0 atom stereocenters. The van der Waals surface area contributed by atoms with Crippen molar-refractivity contribution in [3.63, 3.8) is 0 Å². The van der Waals surface area contributed by atoms with E-state index in [1.807, 2.05) is 24.3 Å². The van der Waals surface area contributed by atoms with E-state index in [1.54, 1.807) is 24.9 Å². The standard InChI is InChI=1S/C30H44N2O3S/c1-4-5-6-7-8-9-10-11-12-13-14-15-16-21-31(2)24-17-19-26-28(22-24)36-29-23-25(35-3)18-20-27(29)32(26)30(33)34/h17-20,22-23H,4-16,21H2,1-3H3,(H,33,34). The average Bonchev–Trinajstić information content (AvgIpc) is 2.88. The fraction of sp³-hybridized carbons (Fsp3) is 0.567. The Bertz CT molecular complexity index is 965. The van der Waals surface area contributed by atoms with Crippen LogP contribution in [0.2, 0.25) is 0 Å². The number of hydrogen-bond donors (Lipinski definition) is 1. The maximum atomic E-state index is 12.1. The second-order valence-corrected chi connectivity index (χ2v) is 11.0. The normalized spacial score (nSPS) is 12.2. The Morgan fingerprint density at radius 1 is 0.833 bits per heavy atom. The second-order valence-electron chi connectivity index (χ2n) is 9.87. The van der Waals surface area contributed by atoms with Crippen molar-refractivity contribution >= 4 is 34.9 Å². The molecule has 3 rings (SSSR count). The molecule has 1 heterocycles. The SMILES string of the molecule is CCCCCCCCCCCCCCCN(C)c1ccc2c(c1)Sc1cc(OC)ccc1N2C(=O)O. The molecular formula is C30H44N2O3S. The lowest BCUT2D eigenvalue weighted by Gasteiger charge is -2.30. The fourth-order valence-corrected chi connectivity index (χ4v) is 5.96. The Labute approximate surface area is 222 Å². The molecule has 0 saturated carbocycles. The molecule has 1 N–H and O–H groups in total. The molecular weight excluding hydrogens is 468 g/mol. The molecule has 0 aromatic heterocycles. The predicted octanol–water partition coefficient (Wildman–Crippen LogP) is 9.50. The van der Waals surface area contributed by atoms with E-state index in [2.05, 4.69) is 24.9 Å². The smallest absolute Gasteiger partial charge is 0.416 e. The van der Waals surface area contributed by atoms with Gasteiger partial charge in [0, 0.05) is 29.1 Å². The van der Waals surface area contributed by atoms with Gasteiger partial charge in [0.15, 0.2) is 0 Å². The van der Waals surface area contributed by atoms with Gasteiger partial charge in [0.2, 0.25) is 0 Å². The van der Waals surface area contributed by atoms with Gasteiger partial charge in [-0.1, -0.05) is 95.7 Å². The second kappa shape index (κ2) is 15.0. The summed E-state index contributed by atoms with van der Waals surface area (Å²) in [6.45, 7) is 3.28. The molecule has 6 heteroatoms. The Balaban J connectivity index is 1.41. The summed E-state index contributed by atoms with van der Waals surface area (Å²) < 4.78 is 5.35. The number of amides is 1. The molecule has 36 heavy (non-hydrogen) atoms. The van der Waals surface area contributed by atoms with Crippen LogP contribution in [0, 0.1) is 0 Å². The maximum absolute atomic E-state index is 12.1. The van der Waals surface area contributed by atoms with E-state index in [0.29, 0.717) is 11.4 Å². The van der Waals surface area contributed by atoms with Gasteiger partial charge in [0.05, 0.1) is 18.5 Å². The zero-order chi connectivity index (χ0) is 25.8. The van der Waals surface area contributed by atoms with Crippen LogP contribution >= 0.6 is 11.8 Å². The molecule has 1 aliphatic rings. The lowest BCUT2D eigenvalue weighted by atomic mass is 10.0. The van der Waals surface area contributed by atoms with Crippen molar-refractivity contribution in [2.45, 2.75) is 100 Å². The number of anilines is 3. The highest BCUT2D eigenvalue weighted by Gasteiger charge is 2.29. The zero-order valence-electron chi connectivity index (χ0n) is 22.4. The van der Waals surface area contributed by atoms with Crippen LogP contribution in [0.1, 0.15) is 90.4 Å². The number of benzene rings is 2. The fourth-order valence-electron chi connectivity index (χ4n) is 4.84. The summed E-state index contributed by atoms with van der Waals surface area (Å²) in [5, 5.41) is 9.90. The number of rotatable bonds is 16. The highest BCUT2D eigenvalue weighted by atomic mass is 32.2. The van der Waals surface area contributed by atoms with E-state index < -0.39 is 6.09 Å². The molecule has 0 bridgehead atoms. The molecule has 1 amide bonds. The van der Waals surface area contributed by atoms with Crippen molar-refractivity contribution in [1.29, 1.82) is 0 Å². The third-order valence-corrected chi connectivity index (χ3v) is 8.14. The minimum absolute atomic E-state index is 0.675. The number of nitrogens with zero attached hydrogens (tertiary/aromatic N) is 2. The molecule has 0 fully saturated rings. The number of methoxy groups -OCH3 is 1. The van der Waals surface area contributed by atoms with Crippen LogP contribution in [0.15, 0.2) is 46.2 Å². The van der Waals surface area contributed by atoms with Gasteiger partial charge < -0.3 is 14.7 Å². The lowest BCUT2D eigenvalue weighted by Crippen LogP contribution is -2.27. The van der Waals surface area contributed by atoms with E-state index in [1.165, 1.54) is 88.4 Å². The lowest BCUT2D eigenvalue weighted by molar-refractivity contribution is 0.204. The predicted molar refractivity (Wildman–Crippen MR) is 153 cm³/mol. The van der Waals surface area contributed by atoms with Crippen LogP contribution in [0.4, 0.5) is 21.9 Å². The van der Waals surface area contributed by atoms with Gasteiger partial charge >= 0.3 is 6.09 Å². The highest BCUT2D eigenvalue weighted by molar-refractivity contribution is 7.99. The van der Waals surface area contributed by atoms with Crippen LogP contribution in [0.5, 0.6) is 5.75 Å². The quantitative estimate of drug-likeness (QED) is 0.227. The van der Waals surface area contributed by atoms with Crippen LogP contribution in [0.25, 0.3) is 0 Å². The summed E-state index contributed by atoms with van der Waals surface area (Å²) >= 11 is 1.60. The van der Waals surface area contributed by atoms with Crippen LogP contribution in [0.3, 0.4) is 0 Å². The number of fused-ring (bicyclic) bond motifs is 2. The molecule has 0 saturated heterocycles. The largest absolute Gasteiger partial charge is 0.497 e. The third kappa shape index (κ3) is 8.09. The van der Waals surface area contributed by atoms with Crippen molar-refractivity contribution < 1.29 is 14.6 Å². The van der Waals surface area contributed by atoms with Gasteiger partial charge in [-0.15, -0.1) is 0 Å². The van der Waals surface area contributed by atoms with E-state index in [4.69, 9.17) is 4.74 Å². The van der Waals surface area contributed by atoms with Gasteiger partial charge in [-0.2, -0.15) is 0 Å². The van der Waals surface area contributed by atoms with Gasteiger partial charge in [0.25, 0.3) is 0 Å². The van der Waals surface area contributed by atoms with E-state index in [0.717, 1.165) is 27.8 Å². The number of hydrogen-bond acceptors (Lipinski definition) is 4. The first-order chi connectivity index (χ1) is 17.5. The molecule has 0 aliphatic carbocycles. The van der Waals surface area contributed by atoms with Crippen molar-refractivity contribution in [3.8, 4) is 5.75 Å². The molecule has 5 nitrogen and oxygen atoms in total. The number of unbranched alkanes of at least 4 members (excludes halogenated alkanes) is 12. The summed E-state index contributed by atoms with van der Waals surface area (Å²) in [6.07, 6.45) is 16.7. The van der Waals surface area contributed by atoms with Gasteiger partial charge in [0.1, 0.15) is 5.75 Å². The summed E-state index contributed by atoms with van der Waals surface area (Å²) in [6, 6.07) is 11.6. The topological polar surface area (TPSA) is 53.0 Å². The number of carbonyl (C=O) groups is 1. The van der Waals surface area contributed by atoms with E-state index in [9.17, 15) is 9.90 Å². The van der Waals surface area contributed by atoms with Crippen LogP contribution in [-0.4, -0.2) is 31.9 Å². The first-order valence-corrected chi connectivity index (χ1v) is 14.6. The zero-order valence-corrected chi connectivity index (χ0v) is 23.2. The summed E-state index contributed by atoms with van der Waals surface area (Å²) in [5.74, 6) is 0.728. The van der Waals surface area contributed by atoms with Gasteiger partial charge in [-0.05, 0) is 42.8 Å². The first kappa shape index (κ1) is 28.2. The summed E-state index contributed by atoms with van der Waals surface area (Å²) in [7, 11) is 3.75. The van der Waals surface area contributed by atoms with Crippen LogP contribution < -0.4 is 14.5 Å². The van der Waals surface area contributed by atoms with Crippen molar-refractivity contribution in [1.82, 2.24) is 0 Å². The molecule has 1 aliphatic heterocycles. The average molecular weight is 513 g/mol. The van der Waals surface area contributed by atoms with Crippen molar-refractivity contribution in [2.24, 2.45) is 0 Å². The van der Waals surface area contributed by atoms with Gasteiger partial charge in [-0.3, -0.25) is 0 Å². The molecule has 2 aromatic carbocycles. The van der Waals surface area contributed by atoms with Crippen LogP contribution in [-0.2, 0) is 0 Å². The molecule has 2 aromatic rings. The van der Waals surface area contributed by atoms with Crippen molar-refractivity contribution in [3.05, 3.63) is 36.4 Å². The minimum atomic E-state index is -0.976. The monoisotopic (exact) mass is 512 g/mol. The molecule has 0 spiro atoms. The summed E-state index contributed by atoms with van der Waals surface area (Å²) in [5.41, 5.74) is 2.51. The highest BCUT2D eigenvalue weighted by Crippen LogP contribution is 2.50. The Morgan fingerprint density at radius 3 is 1.92 bits per heavy atom. The van der Waals surface area contributed by atoms with Crippen molar-refractivity contribution in [2.75, 3.05) is 30.5 Å². The number of ether oxygens (including phenoxy) is 1. The minimum Gasteiger partial charge on any atom is -0.497 e. The van der Waals surface area contributed by atoms with E-state index in [-0.39, 0.29) is 0 Å². The maximum Gasteiger partial charge on any atom is 0.416 e. The first-order valence-electron chi connectivity index (χ1n) is 13.8. The Kier molecular flexibility index (Phi) is 11.8. The Hall–Kier alpha value is -2.34. The Morgan fingerprint density at radius 2 is 1.36 bits per heavy atom.